The van der Waals surface area contributed by atoms with Gasteiger partial charge in [-0.25, -0.2) is 13.4 Å². The van der Waals surface area contributed by atoms with Crippen molar-refractivity contribution in [3.63, 3.8) is 0 Å². The minimum Gasteiger partial charge on any atom is -0.359 e. The number of anilines is 1. The summed E-state index contributed by atoms with van der Waals surface area (Å²) in [5.41, 5.74) is 1.99. The second kappa shape index (κ2) is 6.49. The van der Waals surface area contributed by atoms with Crippen LogP contribution in [-0.2, 0) is 15.4 Å². The lowest BCUT2D eigenvalue weighted by molar-refractivity contribution is 0.331. The van der Waals surface area contributed by atoms with Gasteiger partial charge in [-0.2, -0.15) is 0 Å². The first kappa shape index (κ1) is 18.2. The fourth-order valence-corrected chi connectivity index (χ4v) is 3.77. The van der Waals surface area contributed by atoms with E-state index in [1.165, 1.54) is 6.07 Å². The minimum atomic E-state index is -3.81. The summed E-state index contributed by atoms with van der Waals surface area (Å²) in [6, 6.07) is 16.0. The maximum Gasteiger partial charge on any atom is 0.263 e. The molecule has 4 aromatic rings. The number of benzene rings is 2. The summed E-state index contributed by atoms with van der Waals surface area (Å²) in [6.07, 6.45) is 0. The molecule has 0 amide bonds. The van der Waals surface area contributed by atoms with Crippen molar-refractivity contribution in [1.82, 2.24) is 15.1 Å². The van der Waals surface area contributed by atoms with Crippen LogP contribution in [0.3, 0.4) is 0 Å². The molecule has 2 N–H and O–H groups in total. The third-order valence-corrected chi connectivity index (χ3v) is 5.65. The van der Waals surface area contributed by atoms with Crippen LogP contribution < -0.4 is 4.72 Å². The quantitative estimate of drug-likeness (QED) is 0.535. The largest absolute Gasteiger partial charge is 0.359 e. The van der Waals surface area contributed by atoms with Crippen LogP contribution in [0.2, 0.25) is 0 Å². The zero-order valence-corrected chi connectivity index (χ0v) is 16.5. The number of rotatable bonds is 4. The van der Waals surface area contributed by atoms with Crippen LogP contribution in [0.4, 0.5) is 5.82 Å². The van der Waals surface area contributed by atoms with Gasteiger partial charge >= 0.3 is 0 Å². The summed E-state index contributed by atoms with van der Waals surface area (Å²) in [5.74, 6) is 1.44. The molecule has 4 rings (SSSR count). The highest BCUT2D eigenvalue weighted by molar-refractivity contribution is 7.92. The average Bonchev–Trinajstić information content (AvgIpc) is 3.28. The Balaban J connectivity index is 1.65. The first-order valence-corrected chi connectivity index (χ1v) is 10.3. The summed E-state index contributed by atoms with van der Waals surface area (Å²) in [5, 5.41) is 3.81. The molecule has 0 bridgehead atoms. The maximum absolute atomic E-state index is 12.8. The van der Waals surface area contributed by atoms with Crippen molar-refractivity contribution in [3.8, 4) is 11.4 Å². The van der Waals surface area contributed by atoms with E-state index in [0.717, 1.165) is 5.56 Å². The minimum absolute atomic E-state index is 0.114. The Morgan fingerprint density at radius 3 is 2.46 bits per heavy atom. The van der Waals surface area contributed by atoms with Gasteiger partial charge in [0, 0.05) is 17.0 Å². The number of hydrogen-bond donors (Lipinski definition) is 2. The summed E-state index contributed by atoms with van der Waals surface area (Å²) in [6.45, 7) is 5.88. The standard InChI is InChI=1S/C20H20N4O3S/c1-20(2,3)17-12-18(23-27-17)24-28(25,26)14-9-10-15-16(11-14)22-19(21-15)13-7-5-4-6-8-13/h4-12H,1-3H3,(H,21,22)(H,23,24). The van der Waals surface area contributed by atoms with Crippen molar-refractivity contribution in [1.29, 1.82) is 0 Å². The predicted octanol–water partition coefficient (Wildman–Crippen LogP) is 4.32. The number of aromatic amines is 1. The molecule has 144 valence electrons. The third-order valence-electron chi connectivity index (χ3n) is 4.30. The molecule has 0 fully saturated rings. The van der Waals surface area contributed by atoms with E-state index < -0.39 is 10.0 Å². The van der Waals surface area contributed by atoms with Gasteiger partial charge in [0.15, 0.2) is 5.82 Å². The van der Waals surface area contributed by atoms with Crippen molar-refractivity contribution in [2.24, 2.45) is 0 Å². The lowest BCUT2D eigenvalue weighted by Gasteiger charge is -2.12. The molecule has 2 aromatic heterocycles. The van der Waals surface area contributed by atoms with Gasteiger partial charge in [0.05, 0.1) is 15.9 Å². The summed E-state index contributed by atoms with van der Waals surface area (Å²) < 4.78 is 33.2. The molecule has 0 aliphatic rings. The highest BCUT2D eigenvalue weighted by Crippen LogP contribution is 2.27. The highest BCUT2D eigenvalue weighted by atomic mass is 32.2. The molecule has 0 aliphatic heterocycles. The van der Waals surface area contributed by atoms with E-state index in [-0.39, 0.29) is 16.1 Å². The van der Waals surface area contributed by atoms with Crippen molar-refractivity contribution in [2.45, 2.75) is 31.1 Å². The van der Waals surface area contributed by atoms with E-state index >= 15 is 0 Å². The second-order valence-corrected chi connectivity index (χ2v) is 9.24. The second-order valence-electron chi connectivity index (χ2n) is 7.56. The van der Waals surface area contributed by atoms with Crippen LogP contribution in [-0.4, -0.2) is 23.5 Å². The number of hydrogen-bond acceptors (Lipinski definition) is 5. The van der Waals surface area contributed by atoms with Gasteiger partial charge in [0.1, 0.15) is 11.6 Å². The number of fused-ring (bicyclic) bond motifs is 1. The van der Waals surface area contributed by atoms with Crippen molar-refractivity contribution < 1.29 is 12.9 Å². The Kier molecular flexibility index (Phi) is 4.23. The van der Waals surface area contributed by atoms with Gasteiger partial charge in [-0.05, 0) is 18.2 Å². The first-order chi connectivity index (χ1) is 13.2. The SMILES string of the molecule is CC(C)(C)c1cc(NS(=O)(=O)c2ccc3nc(-c4ccccc4)[nH]c3c2)no1. The summed E-state index contributed by atoms with van der Waals surface area (Å²) in [4.78, 5) is 7.81. The Labute approximate surface area is 162 Å². The van der Waals surface area contributed by atoms with Crippen LogP contribution in [0.25, 0.3) is 22.4 Å². The van der Waals surface area contributed by atoms with Crippen LogP contribution in [0.5, 0.6) is 0 Å². The van der Waals surface area contributed by atoms with Gasteiger partial charge in [0.2, 0.25) is 0 Å². The van der Waals surface area contributed by atoms with E-state index in [2.05, 4.69) is 19.8 Å². The molecule has 0 atom stereocenters. The van der Waals surface area contributed by atoms with E-state index in [0.29, 0.717) is 22.6 Å². The summed E-state index contributed by atoms with van der Waals surface area (Å²) in [7, 11) is -3.81. The molecule has 0 aliphatic carbocycles. The van der Waals surface area contributed by atoms with Gasteiger partial charge in [0.25, 0.3) is 10.0 Å². The molecule has 2 aromatic carbocycles. The first-order valence-electron chi connectivity index (χ1n) is 8.78. The lowest BCUT2D eigenvalue weighted by atomic mass is 9.93. The van der Waals surface area contributed by atoms with Crippen LogP contribution >= 0.6 is 0 Å². The highest BCUT2D eigenvalue weighted by Gasteiger charge is 2.23. The molecule has 0 radical (unpaired) electrons. The average molecular weight is 396 g/mol. The van der Waals surface area contributed by atoms with Crippen LogP contribution in [0.1, 0.15) is 26.5 Å². The number of aromatic nitrogens is 3. The molecular weight excluding hydrogens is 376 g/mol. The Morgan fingerprint density at radius 2 is 1.79 bits per heavy atom. The van der Waals surface area contributed by atoms with E-state index in [4.69, 9.17) is 4.52 Å². The fourth-order valence-electron chi connectivity index (χ4n) is 2.76. The van der Waals surface area contributed by atoms with Crippen molar-refractivity contribution >= 4 is 26.9 Å². The van der Waals surface area contributed by atoms with Crippen molar-refractivity contribution in [2.75, 3.05) is 4.72 Å². The van der Waals surface area contributed by atoms with Crippen molar-refractivity contribution in [3.05, 3.63) is 60.4 Å². The Bertz CT molecular complexity index is 1240. The van der Waals surface area contributed by atoms with E-state index in [9.17, 15) is 8.42 Å². The normalized spacial score (nSPS) is 12.4. The topological polar surface area (TPSA) is 101 Å². The number of sulfonamides is 1. The predicted molar refractivity (Wildman–Crippen MR) is 108 cm³/mol. The molecule has 0 saturated carbocycles. The number of nitrogens with zero attached hydrogens (tertiary/aromatic N) is 2. The third kappa shape index (κ3) is 3.50. The van der Waals surface area contributed by atoms with Crippen LogP contribution in [0.15, 0.2) is 64.0 Å². The molecule has 0 unspecified atom stereocenters. The van der Waals surface area contributed by atoms with Gasteiger partial charge in [-0.3, -0.25) is 4.72 Å². The molecule has 7 nitrogen and oxygen atoms in total. The number of imidazole rings is 1. The molecule has 28 heavy (non-hydrogen) atoms. The molecule has 2 heterocycles. The monoisotopic (exact) mass is 396 g/mol. The zero-order chi connectivity index (χ0) is 19.9. The summed E-state index contributed by atoms with van der Waals surface area (Å²) >= 11 is 0. The molecular formula is C20H20N4O3S. The van der Waals surface area contributed by atoms with Gasteiger partial charge < -0.3 is 9.51 Å². The van der Waals surface area contributed by atoms with E-state index in [1.54, 1.807) is 18.2 Å². The fraction of sp³-hybridized carbons (Fsp3) is 0.200. The van der Waals surface area contributed by atoms with E-state index in [1.807, 2.05) is 51.1 Å². The van der Waals surface area contributed by atoms with Gasteiger partial charge in [-0.15, -0.1) is 0 Å². The molecule has 0 spiro atoms. The lowest BCUT2D eigenvalue weighted by Crippen LogP contribution is -2.13. The van der Waals surface area contributed by atoms with Crippen LogP contribution in [0, 0.1) is 0 Å². The molecule has 8 heteroatoms. The maximum atomic E-state index is 12.8. The number of H-pyrrole nitrogens is 1. The zero-order valence-electron chi connectivity index (χ0n) is 15.7. The molecule has 0 saturated heterocycles. The Hall–Kier alpha value is -3.13. The smallest absolute Gasteiger partial charge is 0.263 e. The Morgan fingerprint density at radius 1 is 1.04 bits per heavy atom. The number of nitrogens with one attached hydrogen (secondary N) is 2. The van der Waals surface area contributed by atoms with Gasteiger partial charge in [-0.1, -0.05) is 56.3 Å².